The topological polar surface area (TPSA) is 35.6 Å². The minimum atomic E-state index is -0.831. The van der Waals surface area contributed by atoms with Crippen LogP contribution >= 0.6 is 0 Å². The van der Waals surface area contributed by atoms with Gasteiger partial charge in [-0.2, -0.15) is 0 Å². The molecule has 1 aromatic carbocycles. The molecule has 0 aromatic heterocycles. The zero-order valence-corrected chi connectivity index (χ0v) is 12.4. The number of nitrogens with zero attached hydrogens (tertiary/aromatic N) is 2. The molecule has 4 nitrogen and oxygen atoms in total. The van der Waals surface area contributed by atoms with Gasteiger partial charge in [-0.1, -0.05) is 12.1 Å². The van der Waals surface area contributed by atoms with E-state index in [1.54, 1.807) is 13.1 Å². The van der Waals surface area contributed by atoms with Gasteiger partial charge in [0.15, 0.2) is 11.6 Å². The molecule has 2 rings (SSSR count). The van der Waals surface area contributed by atoms with Gasteiger partial charge in [0.05, 0.1) is 5.92 Å². The predicted molar refractivity (Wildman–Crippen MR) is 76.7 cm³/mol. The summed E-state index contributed by atoms with van der Waals surface area (Å²) < 4.78 is 27.0. The molecule has 1 atom stereocenters. The fraction of sp³-hybridized carbons (Fsp3) is 0.533. The van der Waals surface area contributed by atoms with Gasteiger partial charge in [0, 0.05) is 45.3 Å². The van der Waals surface area contributed by atoms with E-state index in [1.165, 1.54) is 6.07 Å². The lowest BCUT2D eigenvalue weighted by Crippen LogP contribution is -2.39. The molecule has 6 heteroatoms. The lowest BCUT2D eigenvalue weighted by Gasteiger charge is -2.23. The van der Waals surface area contributed by atoms with E-state index in [0.717, 1.165) is 19.2 Å². The Morgan fingerprint density at radius 3 is 2.81 bits per heavy atom. The molecular formula is C15H21F2N3O. The maximum Gasteiger partial charge on any atom is 0.225 e. The van der Waals surface area contributed by atoms with Crippen LogP contribution in [0, 0.1) is 17.6 Å². The van der Waals surface area contributed by atoms with Crippen LogP contribution in [0.15, 0.2) is 18.2 Å². The molecule has 1 fully saturated rings. The number of amides is 1. The van der Waals surface area contributed by atoms with Crippen LogP contribution in [0.25, 0.3) is 0 Å². The number of carbonyl (C=O) groups excluding carboxylic acids is 1. The summed E-state index contributed by atoms with van der Waals surface area (Å²) in [5.41, 5.74) is 0.329. The maximum atomic E-state index is 13.8. The molecule has 1 aromatic rings. The average Bonchev–Trinajstić information content (AvgIpc) is 2.65. The van der Waals surface area contributed by atoms with Crippen LogP contribution in [0.2, 0.25) is 0 Å². The van der Waals surface area contributed by atoms with Crippen LogP contribution < -0.4 is 5.32 Å². The Bertz CT molecular complexity index is 510. The molecule has 116 valence electrons. The highest BCUT2D eigenvalue weighted by Gasteiger charge is 2.26. The van der Waals surface area contributed by atoms with Gasteiger partial charge in [0.25, 0.3) is 0 Å². The van der Waals surface area contributed by atoms with Crippen LogP contribution in [0.5, 0.6) is 0 Å². The van der Waals surface area contributed by atoms with Crippen molar-refractivity contribution in [1.82, 2.24) is 15.1 Å². The number of halogens is 2. The van der Waals surface area contributed by atoms with Gasteiger partial charge in [0.2, 0.25) is 5.91 Å². The van der Waals surface area contributed by atoms with Crippen LogP contribution in [0.4, 0.5) is 8.78 Å². The normalized spacial score (nSPS) is 21.0. The molecule has 1 unspecified atom stereocenters. The molecule has 1 heterocycles. The molecule has 0 aliphatic carbocycles. The van der Waals surface area contributed by atoms with Crippen molar-refractivity contribution in [3.63, 3.8) is 0 Å². The molecule has 0 bridgehead atoms. The Morgan fingerprint density at radius 1 is 1.33 bits per heavy atom. The van der Waals surface area contributed by atoms with E-state index in [9.17, 15) is 13.6 Å². The minimum absolute atomic E-state index is 0.0199. The summed E-state index contributed by atoms with van der Waals surface area (Å²) in [6.07, 6.45) is 0. The zero-order valence-electron chi connectivity index (χ0n) is 12.4. The van der Waals surface area contributed by atoms with Crippen molar-refractivity contribution in [2.24, 2.45) is 5.92 Å². The summed E-state index contributed by atoms with van der Waals surface area (Å²) in [6.45, 7) is 3.04. The van der Waals surface area contributed by atoms with Crippen molar-refractivity contribution in [1.29, 1.82) is 0 Å². The number of hydrogen-bond donors (Lipinski definition) is 1. The third-order valence-electron chi connectivity index (χ3n) is 3.85. The summed E-state index contributed by atoms with van der Waals surface area (Å²) in [5.74, 6) is -1.82. The van der Waals surface area contributed by atoms with Gasteiger partial charge in [0.1, 0.15) is 0 Å². The lowest BCUT2D eigenvalue weighted by atomic mass is 10.1. The van der Waals surface area contributed by atoms with Crippen LogP contribution in [0.3, 0.4) is 0 Å². The second-order valence-electron chi connectivity index (χ2n) is 5.52. The summed E-state index contributed by atoms with van der Waals surface area (Å²) >= 11 is 0. The van der Waals surface area contributed by atoms with Crippen molar-refractivity contribution >= 4 is 5.91 Å². The Balaban J connectivity index is 2.11. The number of rotatable bonds is 3. The Hall–Kier alpha value is -1.53. The standard InChI is InChI=1S/C15H21F2N3O/c1-18-15(21)12-8-19(2)6-7-20(10-12)9-11-4-3-5-13(16)14(11)17/h3-5,12H,6-10H2,1-2H3,(H,18,21). The van der Waals surface area contributed by atoms with Gasteiger partial charge in [-0.3, -0.25) is 9.69 Å². The van der Waals surface area contributed by atoms with Crippen molar-refractivity contribution in [2.75, 3.05) is 40.3 Å². The first-order chi connectivity index (χ1) is 10.0. The quantitative estimate of drug-likeness (QED) is 0.907. The molecular weight excluding hydrogens is 276 g/mol. The second kappa shape index (κ2) is 6.95. The molecule has 1 aliphatic rings. The second-order valence-corrected chi connectivity index (χ2v) is 5.52. The van der Waals surface area contributed by atoms with E-state index in [0.29, 0.717) is 25.2 Å². The largest absolute Gasteiger partial charge is 0.359 e. The van der Waals surface area contributed by atoms with E-state index in [-0.39, 0.29) is 11.8 Å². The molecule has 21 heavy (non-hydrogen) atoms. The van der Waals surface area contributed by atoms with Gasteiger partial charge in [-0.05, 0) is 13.1 Å². The SMILES string of the molecule is CNC(=O)C1CN(C)CCN(Cc2cccc(F)c2F)C1. The number of benzene rings is 1. The molecule has 1 amide bonds. The van der Waals surface area contributed by atoms with Crippen LogP contribution in [-0.2, 0) is 11.3 Å². The number of carbonyl (C=O) groups is 1. The van der Waals surface area contributed by atoms with Crippen LogP contribution in [0.1, 0.15) is 5.56 Å². The van der Waals surface area contributed by atoms with Gasteiger partial charge in [-0.25, -0.2) is 8.78 Å². The van der Waals surface area contributed by atoms with E-state index in [4.69, 9.17) is 0 Å². The first kappa shape index (κ1) is 15.9. The molecule has 1 N–H and O–H groups in total. The monoisotopic (exact) mass is 297 g/mol. The molecule has 0 saturated carbocycles. The van der Waals surface area contributed by atoms with Crippen molar-refractivity contribution < 1.29 is 13.6 Å². The molecule has 0 radical (unpaired) electrons. The summed E-state index contributed by atoms with van der Waals surface area (Å²) in [5, 5.41) is 2.66. The van der Waals surface area contributed by atoms with E-state index >= 15 is 0 Å². The summed E-state index contributed by atoms with van der Waals surface area (Å²) in [6, 6.07) is 4.21. The average molecular weight is 297 g/mol. The van der Waals surface area contributed by atoms with Crippen molar-refractivity contribution in [3.05, 3.63) is 35.4 Å². The lowest BCUT2D eigenvalue weighted by molar-refractivity contribution is -0.125. The Kier molecular flexibility index (Phi) is 5.25. The zero-order chi connectivity index (χ0) is 15.4. The fourth-order valence-corrected chi connectivity index (χ4v) is 2.67. The smallest absolute Gasteiger partial charge is 0.225 e. The number of likely N-dealkylation sites (N-methyl/N-ethyl adjacent to an activating group) is 1. The molecule has 1 saturated heterocycles. The van der Waals surface area contributed by atoms with E-state index in [2.05, 4.69) is 10.2 Å². The third kappa shape index (κ3) is 3.98. The predicted octanol–water partition coefficient (Wildman–Crippen LogP) is 1.07. The molecule has 0 spiro atoms. The van der Waals surface area contributed by atoms with Crippen molar-refractivity contribution in [3.8, 4) is 0 Å². The first-order valence-electron chi connectivity index (χ1n) is 7.06. The van der Waals surface area contributed by atoms with Gasteiger partial charge >= 0.3 is 0 Å². The number of nitrogens with one attached hydrogen (secondary N) is 1. The number of hydrogen-bond acceptors (Lipinski definition) is 3. The van der Waals surface area contributed by atoms with E-state index < -0.39 is 11.6 Å². The Labute approximate surface area is 123 Å². The van der Waals surface area contributed by atoms with Crippen LogP contribution in [-0.4, -0.2) is 56.0 Å². The summed E-state index contributed by atoms with van der Waals surface area (Å²) in [7, 11) is 3.58. The maximum absolute atomic E-state index is 13.8. The Morgan fingerprint density at radius 2 is 2.10 bits per heavy atom. The molecule has 1 aliphatic heterocycles. The highest BCUT2D eigenvalue weighted by atomic mass is 19.2. The van der Waals surface area contributed by atoms with Gasteiger partial charge < -0.3 is 10.2 Å². The fourth-order valence-electron chi connectivity index (χ4n) is 2.67. The summed E-state index contributed by atoms with van der Waals surface area (Å²) in [4.78, 5) is 16.0. The minimum Gasteiger partial charge on any atom is -0.359 e. The highest BCUT2D eigenvalue weighted by molar-refractivity contribution is 5.78. The first-order valence-corrected chi connectivity index (χ1v) is 7.06. The highest BCUT2D eigenvalue weighted by Crippen LogP contribution is 2.16. The third-order valence-corrected chi connectivity index (χ3v) is 3.85. The van der Waals surface area contributed by atoms with Gasteiger partial charge in [-0.15, -0.1) is 0 Å². The van der Waals surface area contributed by atoms with Crippen molar-refractivity contribution in [2.45, 2.75) is 6.54 Å². The van der Waals surface area contributed by atoms with E-state index in [1.807, 2.05) is 11.9 Å².